The van der Waals surface area contributed by atoms with Gasteiger partial charge in [-0.1, -0.05) is 0 Å². The highest BCUT2D eigenvalue weighted by Crippen LogP contribution is 2.55. The summed E-state index contributed by atoms with van der Waals surface area (Å²) in [5, 5.41) is -0.553. The van der Waals surface area contributed by atoms with Gasteiger partial charge in [-0.25, -0.2) is 8.42 Å². The molecule has 0 aromatic rings. The minimum Gasteiger partial charge on any atom is -0.380 e. The average molecular weight is 259 g/mol. The lowest BCUT2D eigenvalue weighted by molar-refractivity contribution is -0.123. The highest BCUT2D eigenvalue weighted by molar-refractivity contribution is 7.90. The average Bonchev–Trinajstić information content (AvgIpc) is 2.75. The minimum atomic E-state index is -3.53. The Morgan fingerprint density at radius 3 is 2.59 bits per heavy atom. The van der Waals surface area contributed by atoms with Crippen molar-refractivity contribution in [2.75, 3.05) is 13.2 Å². The Morgan fingerprint density at radius 2 is 2.06 bits per heavy atom. The molecule has 96 valence electrons. The van der Waals surface area contributed by atoms with Crippen molar-refractivity contribution in [3.63, 3.8) is 0 Å². The molecule has 0 aromatic carbocycles. The zero-order chi connectivity index (χ0) is 12.0. The summed E-state index contributed by atoms with van der Waals surface area (Å²) in [7, 11) is -3.53. The van der Waals surface area contributed by atoms with Crippen molar-refractivity contribution in [2.24, 2.45) is 17.8 Å². The monoisotopic (exact) mass is 259 g/mol. The third-order valence-corrected chi connectivity index (χ3v) is 5.98. The van der Waals surface area contributed by atoms with Gasteiger partial charge in [-0.3, -0.25) is 9.52 Å². The van der Waals surface area contributed by atoms with Gasteiger partial charge in [0.2, 0.25) is 15.9 Å². The maximum atomic E-state index is 11.9. The first kappa shape index (κ1) is 11.5. The van der Waals surface area contributed by atoms with Crippen LogP contribution in [0.1, 0.15) is 25.7 Å². The molecule has 2 aliphatic carbocycles. The maximum absolute atomic E-state index is 11.9. The zero-order valence-electron chi connectivity index (χ0n) is 9.59. The van der Waals surface area contributed by atoms with Crippen LogP contribution in [0, 0.1) is 17.8 Å². The molecule has 2 saturated carbocycles. The second kappa shape index (κ2) is 3.95. The van der Waals surface area contributed by atoms with Gasteiger partial charge in [-0.15, -0.1) is 0 Å². The summed E-state index contributed by atoms with van der Waals surface area (Å²) in [4.78, 5) is 11.9. The smallest absolute Gasteiger partial charge is 0.240 e. The molecule has 3 aliphatic rings. The quantitative estimate of drug-likeness (QED) is 0.789. The summed E-state index contributed by atoms with van der Waals surface area (Å²) in [6, 6.07) is 0. The zero-order valence-corrected chi connectivity index (χ0v) is 10.4. The Morgan fingerprint density at radius 1 is 1.24 bits per heavy atom. The molecule has 17 heavy (non-hydrogen) atoms. The molecule has 6 heteroatoms. The van der Waals surface area contributed by atoms with Gasteiger partial charge in [0.05, 0.1) is 6.61 Å². The molecule has 1 heterocycles. The molecule has 1 unspecified atom stereocenters. The Hall–Kier alpha value is -0.620. The van der Waals surface area contributed by atoms with Crippen molar-refractivity contribution >= 4 is 15.9 Å². The fraction of sp³-hybridized carbons (Fsp3) is 0.909. The fourth-order valence-electron chi connectivity index (χ4n) is 3.09. The van der Waals surface area contributed by atoms with Crippen LogP contribution in [0.15, 0.2) is 0 Å². The number of carbonyl (C=O) groups excluding carboxylic acids is 1. The van der Waals surface area contributed by atoms with E-state index in [0.29, 0.717) is 24.9 Å². The molecule has 3 fully saturated rings. The third-order valence-electron chi connectivity index (χ3n) is 4.25. The number of rotatable bonds is 3. The largest absolute Gasteiger partial charge is 0.380 e. The molecular weight excluding hydrogens is 242 g/mol. The van der Waals surface area contributed by atoms with E-state index in [1.54, 1.807) is 0 Å². The Labute approximate surface area is 101 Å². The van der Waals surface area contributed by atoms with Crippen molar-refractivity contribution in [1.82, 2.24) is 4.72 Å². The SMILES string of the molecule is O=C(NS(=O)(=O)C1CCOC1)[C@@H]1CC[C@@H]2C[C@@H]21. The molecule has 1 amide bonds. The molecule has 1 saturated heterocycles. The Balaban J connectivity index is 1.63. The van der Waals surface area contributed by atoms with Crippen molar-refractivity contribution in [3.05, 3.63) is 0 Å². The predicted molar refractivity (Wildman–Crippen MR) is 60.6 cm³/mol. The summed E-state index contributed by atoms with van der Waals surface area (Å²) in [6.45, 7) is 0.674. The molecule has 1 aliphatic heterocycles. The van der Waals surface area contributed by atoms with E-state index in [1.807, 2.05) is 0 Å². The first-order valence-corrected chi connectivity index (χ1v) is 7.76. The van der Waals surface area contributed by atoms with Crippen LogP contribution in [0.2, 0.25) is 0 Å². The van der Waals surface area contributed by atoms with Gasteiger partial charge in [0.1, 0.15) is 5.25 Å². The van der Waals surface area contributed by atoms with Gasteiger partial charge in [0.15, 0.2) is 0 Å². The predicted octanol–water partition coefficient (Wildman–Crippen LogP) is 0.267. The van der Waals surface area contributed by atoms with Crippen molar-refractivity contribution in [2.45, 2.75) is 30.9 Å². The molecule has 3 rings (SSSR count). The van der Waals surface area contributed by atoms with Crippen LogP contribution in [-0.2, 0) is 19.6 Å². The lowest BCUT2D eigenvalue weighted by Gasteiger charge is -2.15. The van der Waals surface area contributed by atoms with E-state index in [1.165, 1.54) is 0 Å². The fourth-order valence-corrected chi connectivity index (χ4v) is 4.37. The second-order valence-corrected chi connectivity index (χ2v) is 7.30. The van der Waals surface area contributed by atoms with Crippen LogP contribution >= 0.6 is 0 Å². The summed E-state index contributed by atoms with van der Waals surface area (Å²) in [5.74, 6) is 0.771. The van der Waals surface area contributed by atoms with Gasteiger partial charge in [-0.05, 0) is 37.5 Å². The number of nitrogens with one attached hydrogen (secondary N) is 1. The van der Waals surface area contributed by atoms with E-state index in [9.17, 15) is 13.2 Å². The number of ether oxygens (including phenoxy) is 1. The summed E-state index contributed by atoms with van der Waals surface area (Å²) >= 11 is 0. The number of fused-ring (bicyclic) bond motifs is 1. The summed E-state index contributed by atoms with van der Waals surface area (Å²) in [5.41, 5.74) is 0. The van der Waals surface area contributed by atoms with Crippen molar-refractivity contribution in [3.8, 4) is 0 Å². The summed E-state index contributed by atoms with van der Waals surface area (Å²) in [6.07, 6.45) is 3.51. The van der Waals surface area contributed by atoms with Crippen molar-refractivity contribution < 1.29 is 17.9 Å². The molecule has 0 bridgehead atoms. The number of hydrogen-bond donors (Lipinski definition) is 1. The van der Waals surface area contributed by atoms with Gasteiger partial charge < -0.3 is 4.74 Å². The van der Waals surface area contributed by atoms with Crippen LogP contribution in [0.4, 0.5) is 0 Å². The van der Waals surface area contributed by atoms with E-state index < -0.39 is 15.3 Å². The number of sulfonamides is 1. The van der Waals surface area contributed by atoms with Crippen LogP contribution in [0.3, 0.4) is 0 Å². The second-order valence-electron chi connectivity index (χ2n) is 5.34. The lowest BCUT2D eigenvalue weighted by atomic mass is 10.0. The van der Waals surface area contributed by atoms with E-state index in [0.717, 1.165) is 19.3 Å². The van der Waals surface area contributed by atoms with Crippen LogP contribution in [0.25, 0.3) is 0 Å². The van der Waals surface area contributed by atoms with Gasteiger partial charge in [0, 0.05) is 12.5 Å². The number of hydrogen-bond acceptors (Lipinski definition) is 4. The van der Waals surface area contributed by atoms with Crippen LogP contribution in [-0.4, -0.2) is 32.8 Å². The molecule has 4 atom stereocenters. The number of carbonyl (C=O) groups is 1. The topological polar surface area (TPSA) is 72.5 Å². The number of amides is 1. The van der Waals surface area contributed by atoms with Crippen LogP contribution < -0.4 is 4.72 Å². The Kier molecular flexibility index (Phi) is 2.66. The van der Waals surface area contributed by atoms with Crippen LogP contribution in [0.5, 0.6) is 0 Å². The van der Waals surface area contributed by atoms with E-state index >= 15 is 0 Å². The Bertz CT molecular complexity index is 427. The van der Waals surface area contributed by atoms with Crippen molar-refractivity contribution in [1.29, 1.82) is 0 Å². The first-order chi connectivity index (χ1) is 8.08. The minimum absolute atomic E-state index is 0.0721. The van der Waals surface area contributed by atoms with E-state index in [2.05, 4.69) is 4.72 Å². The molecule has 0 spiro atoms. The lowest BCUT2D eigenvalue weighted by Crippen LogP contribution is -2.41. The standard InChI is InChI=1S/C11H17NO4S/c13-11(9-2-1-7-5-10(7)9)12-17(14,15)8-3-4-16-6-8/h7-10H,1-6H2,(H,12,13)/t7-,8?,9-,10+/m1/s1. The van der Waals surface area contributed by atoms with Gasteiger partial charge in [-0.2, -0.15) is 0 Å². The molecule has 1 N–H and O–H groups in total. The molecular formula is C11H17NO4S. The molecule has 0 radical (unpaired) electrons. The highest BCUT2D eigenvalue weighted by Gasteiger charge is 2.51. The normalized spacial score (nSPS) is 40.0. The van der Waals surface area contributed by atoms with Gasteiger partial charge >= 0.3 is 0 Å². The molecule has 5 nitrogen and oxygen atoms in total. The van der Waals surface area contributed by atoms with E-state index in [4.69, 9.17) is 4.74 Å². The maximum Gasteiger partial charge on any atom is 0.240 e. The summed E-state index contributed by atoms with van der Waals surface area (Å²) < 4.78 is 31.1. The van der Waals surface area contributed by atoms with Gasteiger partial charge in [0.25, 0.3) is 0 Å². The third kappa shape index (κ3) is 2.08. The first-order valence-electron chi connectivity index (χ1n) is 6.21. The highest BCUT2D eigenvalue weighted by atomic mass is 32.2. The van der Waals surface area contributed by atoms with E-state index in [-0.39, 0.29) is 18.4 Å². The molecule has 0 aromatic heterocycles.